The molecule has 2 unspecified atom stereocenters. The summed E-state index contributed by atoms with van der Waals surface area (Å²) in [6.45, 7) is 11.3. The van der Waals surface area contributed by atoms with Crippen molar-refractivity contribution in [3.8, 4) is 0 Å². The summed E-state index contributed by atoms with van der Waals surface area (Å²) in [5.41, 5.74) is 1.11. The van der Waals surface area contributed by atoms with Crippen LogP contribution in [0.3, 0.4) is 0 Å². The molecule has 20 heavy (non-hydrogen) atoms. The van der Waals surface area contributed by atoms with Crippen LogP contribution in [0, 0.1) is 0 Å². The van der Waals surface area contributed by atoms with Crippen molar-refractivity contribution in [1.29, 1.82) is 0 Å². The minimum atomic E-state index is -1.76. The average Bonchev–Trinajstić information content (AvgIpc) is 2.82. The Labute approximate surface area is 123 Å². The van der Waals surface area contributed by atoms with E-state index >= 15 is 0 Å². The van der Waals surface area contributed by atoms with Crippen molar-refractivity contribution in [2.75, 3.05) is 0 Å². The van der Waals surface area contributed by atoms with Gasteiger partial charge in [-0.25, -0.2) is 0 Å². The fourth-order valence-corrected chi connectivity index (χ4v) is 4.10. The maximum atomic E-state index is 10.3. The summed E-state index contributed by atoms with van der Waals surface area (Å²) in [7, 11) is 0.174. The van der Waals surface area contributed by atoms with Gasteiger partial charge >= 0.3 is 0 Å². The molecule has 1 aliphatic carbocycles. The topological polar surface area (TPSA) is 47.3 Å². The van der Waals surface area contributed by atoms with Gasteiger partial charge < -0.3 is 9.53 Å². The van der Waals surface area contributed by atoms with Crippen molar-refractivity contribution in [2.24, 2.45) is 7.05 Å². The molecule has 2 rings (SSSR count). The number of hydrogen-bond acceptors (Lipinski definition) is 3. The first-order chi connectivity index (χ1) is 9.12. The van der Waals surface area contributed by atoms with Crippen molar-refractivity contribution in [1.82, 2.24) is 9.78 Å². The van der Waals surface area contributed by atoms with Gasteiger partial charge in [-0.2, -0.15) is 5.10 Å². The van der Waals surface area contributed by atoms with Crippen LogP contribution in [0.15, 0.2) is 12.3 Å². The molecule has 5 heteroatoms. The third kappa shape index (κ3) is 2.99. The van der Waals surface area contributed by atoms with Crippen LogP contribution in [0.25, 0.3) is 0 Å². The van der Waals surface area contributed by atoms with Crippen molar-refractivity contribution in [2.45, 2.75) is 69.9 Å². The Morgan fingerprint density at radius 2 is 2.00 bits per heavy atom. The molecule has 0 amide bonds. The zero-order chi connectivity index (χ0) is 15.1. The maximum absolute atomic E-state index is 10.3. The van der Waals surface area contributed by atoms with E-state index < -0.39 is 8.32 Å². The second-order valence-corrected chi connectivity index (χ2v) is 12.3. The third-order valence-corrected chi connectivity index (χ3v) is 9.53. The van der Waals surface area contributed by atoms with Gasteiger partial charge in [0.05, 0.1) is 6.10 Å². The predicted octanol–water partition coefficient (Wildman–Crippen LogP) is 3.05. The lowest BCUT2D eigenvalue weighted by atomic mass is 10.0. The summed E-state index contributed by atoms with van der Waals surface area (Å²) in [4.78, 5) is 0. The normalized spacial score (nSPS) is 28.1. The lowest BCUT2D eigenvalue weighted by Gasteiger charge is -2.38. The fraction of sp³-hybridized carbons (Fsp3) is 0.800. The molecular weight excluding hydrogens is 268 g/mol. The minimum Gasteiger partial charge on any atom is -0.414 e. The molecule has 1 heterocycles. The first-order valence-electron chi connectivity index (χ1n) is 7.45. The monoisotopic (exact) mass is 296 g/mol. The molecule has 1 aromatic heterocycles. The van der Waals surface area contributed by atoms with Crippen LogP contribution in [0.5, 0.6) is 0 Å². The highest BCUT2D eigenvalue weighted by Crippen LogP contribution is 2.42. The molecule has 0 saturated heterocycles. The molecule has 0 radical (unpaired) electrons. The molecule has 114 valence electrons. The Bertz CT molecular complexity index is 465. The van der Waals surface area contributed by atoms with Crippen LogP contribution < -0.4 is 0 Å². The molecule has 1 aromatic rings. The van der Waals surface area contributed by atoms with Gasteiger partial charge in [-0.1, -0.05) is 20.8 Å². The first-order valence-corrected chi connectivity index (χ1v) is 10.4. The number of aromatic nitrogens is 2. The van der Waals surface area contributed by atoms with E-state index in [1.165, 1.54) is 0 Å². The van der Waals surface area contributed by atoms with Crippen LogP contribution in [0.1, 0.15) is 45.2 Å². The Balaban J connectivity index is 2.07. The van der Waals surface area contributed by atoms with E-state index in [2.05, 4.69) is 39.0 Å². The van der Waals surface area contributed by atoms with Gasteiger partial charge in [-0.05, 0) is 37.0 Å². The number of aliphatic hydroxyl groups is 1. The van der Waals surface area contributed by atoms with E-state index in [0.29, 0.717) is 0 Å². The largest absolute Gasteiger partial charge is 0.414 e. The Hall–Kier alpha value is -0.653. The number of aryl methyl sites for hydroxylation is 1. The summed E-state index contributed by atoms with van der Waals surface area (Å²) >= 11 is 0. The highest BCUT2D eigenvalue weighted by molar-refractivity contribution is 6.74. The van der Waals surface area contributed by atoms with Crippen LogP contribution in [-0.2, 0) is 11.5 Å². The molecule has 0 bridgehead atoms. The fourth-order valence-electron chi connectivity index (χ4n) is 2.73. The lowest BCUT2D eigenvalue weighted by molar-refractivity contribution is 0.135. The van der Waals surface area contributed by atoms with E-state index in [9.17, 15) is 5.11 Å². The number of hydrogen-bond donors (Lipinski definition) is 1. The molecular formula is C15H28N2O2Si. The molecule has 0 spiro atoms. The second kappa shape index (κ2) is 5.28. The smallest absolute Gasteiger partial charge is 0.192 e. The Kier molecular flexibility index (Phi) is 4.15. The molecule has 1 saturated carbocycles. The molecule has 0 aromatic carbocycles. The summed E-state index contributed by atoms with van der Waals surface area (Å²) in [6.07, 6.45) is 3.28. The van der Waals surface area contributed by atoms with E-state index in [4.69, 9.17) is 4.43 Å². The quantitative estimate of drug-likeness (QED) is 0.872. The predicted molar refractivity (Wildman–Crippen MR) is 83.3 cm³/mol. The SMILES string of the molecule is Cn1nccc1C1CC(O[Si](C)(C)C(C)(C)C)C[C@@H]1O. The van der Waals surface area contributed by atoms with Crippen molar-refractivity contribution < 1.29 is 9.53 Å². The average molecular weight is 296 g/mol. The second-order valence-electron chi connectivity index (χ2n) is 7.53. The molecule has 1 aliphatic rings. The van der Waals surface area contributed by atoms with Gasteiger partial charge in [0.2, 0.25) is 0 Å². The van der Waals surface area contributed by atoms with Crippen LogP contribution in [0.2, 0.25) is 18.1 Å². The number of rotatable bonds is 3. The summed E-state index contributed by atoms with van der Waals surface area (Å²) in [6, 6.07) is 2.00. The van der Waals surface area contributed by atoms with Crippen LogP contribution >= 0.6 is 0 Å². The van der Waals surface area contributed by atoms with Gasteiger partial charge in [-0.3, -0.25) is 4.68 Å². The minimum absolute atomic E-state index is 0.150. The summed E-state index contributed by atoms with van der Waals surface area (Å²) in [5.74, 6) is 0.150. The van der Waals surface area contributed by atoms with Crippen LogP contribution in [-0.4, -0.2) is 35.4 Å². The van der Waals surface area contributed by atoms with Crippen LogP contribution in [0.4, 0.5) is 0 Å². The zero-order valence-corrected chi connectivity index (χ0v) is 14.6. The first kappa shape index (κ1) is 15.7. The number of nitrogens with zero attached hydrogens (tertiary/aromatic N) is 2. The van der Waals surface area contributed by atoms with Gasteiger partial charge in [0, 0.05) is 31.0 Å². The van der Waals surface area contributed by atoms with Crippen molar-refractivity contribution in [3.05, 3.63) is 18.0 Å². The summed E-state index contributed by atoms with van der Waals surface area (Å²) in [5, 5.41) is 14.8. The zero-order valence-electron chi connectivity index (χ0n) is 13.6. The third-order valence-electron chi connectivity index (χ3n) is 4.99. The highest BCUT2D eigenvalue weighted by atomic mass is 28.4. The number of aliphatic hydroxyl groups excluding tert-OH is 1. The van der Waals surface area contributed by atoms with Gasteiger partial charge in [0.25, 0.3) is 0 Å². The highest BCUT2D eigenvalue weighted by Gasteiger charge is 2.43. The van der Waals surface area contributed by atoms with E-state index in [0.717, 1.165) is 18.5 Å². The van der Waals surface area contributed by atoms with Gasteiger partial charge in [0.1, 0.15) is 0 Å². The van der Waals surface area contributed by atoms with E-state index in [1.807, 2.05) is 17.8 Å². The van der Waals surface area contributed by atoms with Crippen molar-refractivity contribution in [3.63, 3.8) is 0 Å². The maximum Gasteiger partial charge on any atom is 0.192 e. The lowest BCUT2D eigenvalue weighted by Crippen LogP contribution is -2.43. The molecule has 1 fully saturated rings. The van der Waals surface area contributed by atoms with Gasteiger partial charge in [-0.15, -0.1) is 0 Å². The molecule has 3 atom stereocenters. The molecule has 4 nitrogen and oxygen atoms in total. The Morgan fingerprint density at radius 3 is 2.50 bits per heavy atom. The van der Waals surface area contributed by atoms with E-state index in [1.54, 1.807) is 6.20 Å². The summed E-state index contributed by atoms with van der Waals surface area (Å²) < 4.78 is 8.31. The Morgan fingerprint density at radius 1 is 1.35 bits per heavy atom. The van der Waals surface area contributed by atoms with Gasteiger partial charge in [0.15, 0.2) is 8.32 Å². The molecule has 1 N–H and O–H groups in total. The van der Waals surface area contributed by atoms with E-state index in [-0.39, 0.29) is 23.2 Å². The standard InChI is InChI=1S/C15H28N2O2Si/c1-15(2,3)20(5,6)19-11-9-12(14(18)10-11)13-7-8-16-17(13)4/h7-8,11-12,14,18H,9-10H2,1-6H3/t11?,12?,14-/m0/s1. The van der Waals surface area contributed by atoms with Crippen molar-refractivity contribution >= 4 is 8.32 Å². The molecule has 0 aliphatic heterocycles.